The molecule has 0 bridgehead atoms. The molecule has 0 aliphatic heterocycles. The number of hydrogen-bond donors (Lipinski definition) is 0. The minimum atomic E-state index is 1.04. The number of unbranched alkanes of at least 4 members (excludes halogenated alkanes) is 22. The van der Waals surface area contributed by atoms with Crippen LogP contribution in [0.3, 0.4) is 0 Å². The van der Waals surface area contributed by atoms with E-state index in [2.05, 4.69) is 20.8 Å². The van der Waals surface area contributed by atoms with Crippen molar-refractivity contribution < 1.29 is 0 Å². The van der Waals surface area contributed by atoms with Gasteiger partial charge in [0.15, 0.2) is 0 Å². The molecule has 0 radical (unpaired) electrons. The van der Waals surface area contributed by atoms with Crippen LogP contribution >= 0.6 is 0 Å². The van der Waals surface area contributed by atoms with Gasteiger partial charge in [0, 0.05) is 0 Å². The van der Waals surface area contributed by atoms with Gasteiger partial charge in [-0.1, -0.05) is 201 Å². The van der Waals surface area contributed by atoms with Crippen LogP contribution in [0.5, 0.6) is 0 Å². The first-order valence-corrected chi connectivity index (χ1v) is 15.8. The Bertz CT molecular complexity index is 285. The fourth-order valence-corrected chi connectivity index (χ4v) is 5.31. The predicted octanol–water partition coefficient (Wildman–Crippen LogP) is 12.6. The molecule has 0 aliphatic carbocycles. The Kier molecular flexibility index (Phi) is 29.0. The average molecular weight is 451 g/mol. The van der Waals surface area contributed by atoms with E-state index in [-0.39, 0.29) is 0 Å². The van der Waals surface area contributed by atoms with Crippen molar-refractivity contribution >= 4 is 0 Å². The smallest absolute Gasteiger partial charge is 0.0414 e. The Morgan fingerprint density at radius 3 is 0.656 bits per heavy atom. The molecule has 194 valence electrons. The topological polar surface area (TPSA) is 0 Å². The maximum atomic E-state index is 2.32. The highest BCUT2D eigenvalue weighted by atomic mass is 14.1. The highest BCUT2D eigenvalue weighted by Gasteiger charge is 2.09. The summed E-state index contributed by atoms with van der Waals surface area (Å²) in [4.78, 5) is 0. The van der Waals surface area contributed by atoms with E-state index in [0.29, 0.717) is 0 Å². The van der Waals surface area contributed by atoms with Gasteiger partial charge in [-0.2, -0.15) is 0 Å². The van der Waals surface area contributed by atoms with E-state index in [9.17, 15) is 0 Å². The molecule has 0 aromatic heterocycles. The molecule has 0 heteroatoms. The standard InChI is InChI=1S/C32H66/c1-4-7-10-13-16-18-21-24-27-30-32(29-26-23-20-15-12-9-6-3)31-28-25-22-19-17-14-11-8-5-2/h32H,4-31H2,1-3H3. The maximum Gasteiger partial charge on any atom is -0.0414 e. The Hall–Kier alpha value is 0. The van der Waals surface area contributed by atoms with Crippen LogP contribution in [0.25, 0.3) is 0 Å². The summed E-state index contributed by atoms with van der Waals surface area (Å²) in [5, 5.41) is 0. The molecule has 0 rings (SSSR count). The van der Waals surface area contributed by atoms with Crippen molar-refractivity contribution in [1.82, 2.24) is 0 Å². The lowest BCUT2D eigenvalue weighted by atomic mass is 9.89. The van der Waals surface area contributed by atoms with Gasteiger partial charge in [-0.25, -0.2) is 0 Å². The van der Waals surface area contributed by atoms with Crippen molar-refractivity contribution in [2.45, 2.75) is 201 Å². The van der Waals surface area contributed by atoms with E-state index in [1.54, 1.807) is 0 Å². The molecule has 0 amide bonds. The van der Waals surface area contributed by atoms with Crippen LogP contribution in [0.1, 0.15) is 201 Å². The summed E-state index contributed by atoms with van der Waals surface area (Å²) >= 11 is 0. The molecule has 0 spiro atoms. The van der Waals surface area contributed by atoms with Crippen LogP contribution in [0.4, 0.5) is 0 Å². The molecule has 0 saturated heterocycles. The van der Waals surface area contributed by atoms with E-state index >= 15 is 0 Å². The zero-order chi connectivity index (χ0) is 23.4. The Morgan fingerprint density at radius 2 is 0.438 bits per heavy atom. The van der Waals surface area contributed by atoms with E-state index in [0.717, 1.165) is 5.92 Å². The summed E-state index contributed by atoms with van der Waals surface area (Å²) in [5.41, 5.74) is 0. The first-order valence-electron chi connectivity index (χ1n) is 15.8. The number of rotatable bonds is 28. The summed E-state index contributed by atoms with van der Waals surface area (Å²) in [6.07, 6.45) is 41.3. The fourth-order valence-electron chi connectivity index (χ4n) is 5.31. The van der Waals surface area contributed by atoms with Gasteiger partial charge in [0.05, 0.1) is 0 Å². The van der Waals surface area contributed by atoms with Crippen LogP contribution in [-0.2, 0) is 0 Å². The molecule has 0 aromatic rings. The highest BCUT2D eigenvalue weighted by Crippen LogP contribution is 2.25. The van der Waals surface area contributed by atoms with E-state index in [4.69, 9.17) is 0 Å². The van der Waals surface area contributed by atoms with Crippen molar-refractivity contribution in [2.75, 3.05) is 0 Å². The summed E-state index contributed by atoms with van der Waals surface area (Å²) in [6.45, 7) is 6.96. The van der Waals surface area contributed by atoms with Gasteiger partial charge >= 0.3 is 0 Å². The molecule has 0 heterocycles. The largest absolute Gasteiger partial charge is 0.0654 e. The van der Waals surface area contributed by atoms with E-state index in [1.165, 1.54) is 180 Å². The van der Waals surface area contributed by atoms with Gasteiger partial charge < -0.3 is 0 Å². The lowest BCUT2D eigenvalue weighted by molar-refractivity contribution is 0.365. The zero-order valence-electron chi connectivity index (χ0n) is 23.4. The van der Waals surface area contributed by atoms with Gasteiger partial charge in [0.2, 0.25) is 0 Å². The molecule has 0 N–H and O–H groups in total. The van der Waals surface area contributed by atoms with Crippen LogP contribution in [0.2, 0.25) is 0 Å². The van der Waals surface area contributed by atoms with E-state index in [1.807, 2.05) is 0 Å². The number of hydrogen-bond acceptors (Lipinski definition) is 0. The highest BCUT2D eigenvalue weighted by molar-refractivity contribution is 4.62. The Morgan fingerprint density at radius 1 is 0.250 bits per heavy atom. The Balaban J connectivity index is 3.82. The first-order chi connectivity index (χ1) is 15.8. The molecule has 0 unspecified atom stereocenters. The van der Waals surface area contributed by atoms with Crippen molar-refractivity contribution in [3.63, 3.8) is 0 Å². The predicted molar refractivity (Wildman–Crippen MR) is 150 cm³/mol. The van der Waals surface area contributed by atoms with Crippen molar-refractivity contribution in [1.29, 1.82) is 0 Å². The van der Waals surface area contributed by atoms with Gasteiger partial charge in [-0.15, -0.1) is 0 Å². The monoisotopic (exact) mass is 451 g/mol. The normalized spacial score (nSPS) is 11.6. The minimum absolute atomic E-state index is 1.04. The molecule has 0 fully saturated rings. The fraction of sp³-hybridized carbons (Fsp3) is 1.00. The van der Waals surface area contributed by atoms with Crippen LogP contribution in [-0.4, -0.2) is 0 Å². The molecule has 0 aliphatic rings. The third kappa shape index (κ3) is 26.3. The molecular weight excluding hydrogens is 384 g/mol. The summed E-state index contributed by atoms with van der Waals surface area (Å²) in [6, 6.07) is 0. The zero-order valence-corrected chi connectivity index (χ0v) is 23.4. The second-order valence-corrected chi connectivity index (χ2v) is 11.0. The van der Waals surface area contributed by atoms with Crippen LogP contribution in [0, 0.1) is 5.92 Å². The van der Waals surface area contributed by atoms with Crippen molar-refractivity contribution in [3.8, 4) is 0 Å². The molecule has 0 aromatic carbocycles. The average Bonchev–Trinajstić information content (AvgIpc) is 2.80. The SMILES string of the molecule is CCCCCCCCCCCC(CCCCCCCCC)CCCCCCCCCCC. The van der Waals surface area contributed by atoms with Crippen LogP contribution in [0.15, 0.2) is 0 Å². The lowest BCUT2D eigenvalue weighted by Gasteiger charge is -2.17. The second kappa shape index (κ2) is 29.0. The third-order valence-electron chi connectivity index (χ3n) is 7.65. The van der Waals surface area contributed by atoms with Crippen molar-refractivity contribution in [3.05, 3.63) is 0 Å². The maximum absolute atomic E-state index is 2.32. The molecule has 0 nitrogen and oxygen atoms in total. The minimum Gasteiger partial charge on any atom is -0.0654 e. The third-order valence-corrected chi connectivity index (χ3v) is 7.65. The lowest BCUT2D eigenvalue weighted by Crippen LogP contribution is -2.01. The quantitative estimate of drug-likeness (QED) is 0.104. The van der Waals surface area contributed by atoms with Gasteiger partial charge in [0.1, 0.15) is 0 Å². The van der Waals surface area contributed by atoms with Crippen molar-refractivity contribution in [2.24, 2.45) is 5.92 Å². The molecule has 0 atom stereocenters. The first kappa shape index (κ1) is 32.0. The van der Waals surface area contributed by atoms with E-state index < -0.39 is 0 Å². The molecular formula is C32H66. The Labute approximate surface area is 206 Å². The van der Waals surface area contributed by atoms with Gasteiger partial charge in [0.25, 0.3) is 0 Å². The van der Waals surface area contributed by atoms with Gasteiger partial charge in [-0.3, -0.25) is 0 Å². The summed E-state index contributed by atoms with van der Waals surface area (Å²) in [7, 11) is 0. The summed E-state index contributed by atoms with van der Waals surface area (Å²) < 4.78 is 0. The van der Waals surface area contributed by atoms with Crippen LogP contribution < -0.4 is 0 Å². The second-order valence-electron chi connectivity index (χ2n) is 11.0. The van der Waals surface area contributed by atoms with Gasteiger partial charge in [-0.05, 0) is 5.92 Å². The molecule has 0 saturated carbocycles. The summed E-state index contributed by atoms with van der Waals surface area (Å²) in [5.74, 6) is 1.04. The molecule has 32 heavy (non-hydrogen) atoms.